The van der Waals surface area contributed by atoms with Gasteiger partial charge in [-0.05, 0) is 43.5 Å². The van der Waals surface area contributed by atoms with Crippen molar-refractivity contribution >= 4 is 23.4 Å². The molecule has 0 aliphatic carbocycles. The lowest BCUT2D eigenvalue weighted by atomic mass is 10.1. The molecule has 0 radical (unpaired) electrons. The molecule has 6 heteroatoms. The molecule has 156 valence electrons. The van der Waals surface area contributed by atoms with Gasteiger partial charge in [-0.2, -0.15) is 0 Å². The highest BCUT2D eigenvalue weighted by Crippen LogP contribution is 2.23. The first-order chi connectivity index (χ1) is 13.9. The van der Waals surface area contributed by atoms with Crippen molar-refractivity contribution in [1.29, 1.82) is 0 Å². The molecule has 0 heterocycles. The summed E-state index contributed by atoms with van der Waals surface area (Å²) in [6.45, 7) is 6.54. The van der Waals surface area contributed by atoms with Crippen LogP contribution in [0.15, 0.2) is 48.5 Å². The molecule has 2 aromatic carbocycles. The third-order valence-corrected chi connectivity index (χ3v) is 5.10. The van der Waals surface area contributed by atoms with Gasteiger partial charge in [0.2, 0.25) is 5.91 Å². The van der Waals surface area contributed by atoms with Crippen LogP contribution in [0, 0.1) is 6.92 Å². The molecule has 2 amide bonds. The second kappa shape index (κ2) is 11.5. The van der Waals surface area contributed by atoms with E-state index in [1.54, 1.807) is 36.1 Å². The number of halogens is 1. The van der Waals surface area contributed by atoms with Crippen molar-refractivity contribution in [2.24, 2.45) is 0 Å². The molecular weight excluding hydrogens is 388 g/mol. The molecule has 0 saturated carbocycles. The lowest BCUT2D eigenvalue weighted by molar-refractivity contribution is -0.142. The molecule has 0 aromatic heterocycles. The van der Waals surface area contributed by atoms with E-state index in [-0.39, 0.29) is 18.4 Å². The molecule has 0 saturated heterocycles. The van der Waals surface area contributed by atoms with E-state index < -0.39 is 6.04 Å². The summed E-state index contributed by atoms with van der Waals surface area (Å²) in [4.78, 5) is 27.2. The standard InChI is InChI=1S/C23H29ClN2O3/c1-4-5-14-25-23(28)18(3)26(15-19-11-7-6-10-17(19)2)22(27)16-29-21-13-9-8-12-20(21)24/h6-13,18H,4-5,14-16H2,1-3H3,(H,25,28)/t18-/m0/s1. The van der Waals surface area contributed by atoms with Gasteiger partial charge in [0, 0.05) is 13.1 Å². The summed E-state index contributed by atoms with van der Waals surface area (Å²) in [7, 11) is 0. The predicted molar refractivity (Wildman–Crippen MR) is 116 cm³/mol. The maximum absolute atomic E-state index is 13.0. The number of unbranched alkanes of at least 4 members (excludes halogenated alkanes) is 1. The molecule has 29 heavy (non-hydrogen) atoms. The van der Waals surface area contributed by atoms with E-state index in [2.05, 4.69) is 12.2 Å². The lowest BCUT2D eigenvalue weighted by Gasteiger charge is -2.29. The van der Waals surface area contributed by atoms with Gasteiger partial charge in [-0.15, -0.1) is 0 Å². The summed E-state index contributed by atoms with van der Waals surface area (Å²) >= 11 is 6.11. The van der Waals surface area contributed by atoms with Crippen molar-refractivity contribution in [1.82, 2.24) is 10.2 Å². The lowest BCUT2D eigenvalue weighted by Crippen LogP contribution is -2.49. The first-order valence-electron chi connectivity index (χ1n) is 9.93. The van der Waals surface area contributed by atoms with Gasteiger partial charge in [0.25, 0.3) is 5.91 Å². The summed E-state index contributed by atoms with van der Waals surface area (Å²) in [6.07, 6.45) is 1.89. The highest BCUT2D eigenvalue weighted by molar-refractivity contribution is 6.32. The van der Waals surface area contributed by atoms with E-state index in [1.165, 1.54) is 0 Å². The van der Waals surface area contributed by atoms with Gasteiger partial charge in [-0.1, -0.05) is 61.3 Å². The molecule has 0 aliphatic rings. The van der Waals surface area contributed by atoms with Crippen molar-refractivity contribution < 1.29 is 14.3 Å². The molecule has 2 aromatic rings. The Morgan fingerprint density at radius 1 is 1.14 bits per heavy atom. The normalized spacial score (nSPS) is 11.6. The highest BCUT2D eigenvalue weighted by Gasteiger charge is 2.26. The predicted octanol–water partition coefficient (Wildman–Crippen LogP) is 4.36. The van der Waals surface area contributed by atoms with Gasteiger partial charge in [0.15, 0.2) is 6.61 Å². The van der Waals surface area contributed by atoms with E-state index >= 15 is 0 Å². The Morgan fingerprint density at radius 3 is 2.52 bits per heavy atom. The van der Waals surface area contributed by atoms with Crippen LogP contribution >= 0.6 is 11.6 Å². The average Bonchev–Trinajstić information content (AvgIpc) is 2.72. The van der Waals surface area contributed by atoms with Crippen LogP contribution < -0.4 is 10.1 Å². The second-order valence-electron chi connectivity index (χ2n) is 6.99. The van der Waals surface area contributed by atoms with Crippen LogP contribution in [-0.4, -0.2) is 35.9 Å². The van der Waals surface area contributed by atoms with Crippen molar-refractivity contribution in [3.8, 4) is 5.75 Å². The number of aryl methyl sites for hydroxylation is 1. The van der Waals surface area contributed by atoms with Crippen LogP contribution in [-0.2, 0) is 16.1 Å². The molecule has 1 N–H and O–H groups in total. The van der Waals surface area contributed by atoms with Gasteiger partial charge >= 0.3 is 0 Å². The Balaban J connectivity index is 2.14. The number of hydrogen-bond donors (Lipinski definition) is 1. The number of hydrogen-bond acceptors (Lipinski definition) is 3. The molecule has 0 aliphatic heterocycles. The van der Waals surface area contributed by atoms with Crippen LogP contribution in [0.4, 0.5) is 0 Å². The second-order valence-corrected chi connectivity index (χ2v) is 7.39. The van der Waals surface area contributed by atoms with Crippen LogP contribution in [0.3, 0.4) is 0 Å². The molecule has 5 nitrogen and oxygen atoms in total. The number of carbonyl (C=O) groups is 2. The summed E-state index contributed by atoms with van der Waals surface area (Å²) in [5, 5.41) is 3.35. The first kappa shape index (κ1) is 22.8. The van der Waals surface area contributed by atoms with Crippen LogP contribution in [0.5, 0.6) is 5.75 Å². The average molecular weight is 417 g/mol. The minimum absolute atomic E-state index is 0.168. The van der Waals surface area contributed by atoms with E-state index in [0.29, 0.717) is 23.9 Å². The third-order valence-electron chi connectivity index (χ3n) is 4.79. The molecule has 1 atom stereocenters. The maximum atomic E-state index is 13.0. The number of nitrogens with zero attached hydrogens (tertiary/aromatic N) is 1. The zero-order valence-electron chi connectivity index (χ0n) is 17.3. The van der Waals surface area contributed by atoms with E-state index in [9.17, 15) is 9.59 Å². The molecular formula is C23H29ClN2O3. The van der Waals surface area contributed by atoms with Crippen LogP contribution in [0.1, 0.15) is 37.8 Å². The molecule has 0 fully saturated rings. The van der Waals surface area contributed by atoms with Gasteiger partial charge in [0.1, 0.15) is 11.8 Å². The Hall–Kier alpha value is -2.53. The largest absolute Gasteiger partial charge is 0.482 e. The van der Waals surface area contributed by atoms with Crippen molar-refractivity contribution in [2.45, 2.75) is 46.2 Å². The number of rotatable bonds is 10. The highest BCUT2D eigenvalue weighted by atomic mass is 35.5. The summed E-state index contributed by atoms with van der Waals surface area (Å²) in [5.74, 6) is 0.00264. The maximum Gasteiger partial charge on any atom is 0.261 e. The van der Waals surface area contributed by atoms with E-state index in [0.717, 1.165) is 24.0 Å². The summed E-state index contributed by atoms with van der Waals surface area (Å²) in [6, 6.07) is 14.2. The number of amides is 2. The third kappa shape index (κ3) is 6.79. The topological polar surface area (TPSA) is 58.6 Å². The summed E-state index contributed by atoms with van der Waals surface area (Å²) < 4.78 is 5.62. The zero-order chi connectivity index (χ0) is 21.2. The Kier molecular flexibility index (Phi) is 9.00. The number of carbonyl (C=O) groups excluding carboxylic acids is 2. The number of benzene rings is 2. The van der Waals surface area contributed by atoms with Crippen molar-refractivity contribution in [2.75, 3.05) is 13.2 Å². The number of para-hydroxylation sites is 1. The Bertz CT molecular complexity index is 825. The fourth-order valence-electron chi connectivity index (χ4n) is 2.87. The van der Waals surface area contributed by atoms with Gasteiger partial charge in [0.05, 0.1) is 5.02 Å². The van der Waals surface area contributed by atoms with Gasteiger partial charge in [-0.3, -0.25) is 9.59 Å². The zero-order valence-corrected chi connectivity index (χ0v) is 18.0. The Labute approximate surface area is 178 Å². The Morgan fingerprint density at radius 2 is 1.83 bits per heavy atom. The minimum atomic E-state index is -0.617. The van der Waals surface area contributed by atoms with E-state index in [4.69, 9.17) is 16.3 Å². The van der Waals surface area contributed by atoms with Crippen LogP contribution in [0.2, 0.25) is 5.02 Å². The fourth-order valence-corrected chi connectivity index (χ4v) is 3.06. The fraction of sp³-hybridized carbons (Fsp3) is 0.391. The minimum Gasteiger partial charge on any atom is -0.482 e. The molecule has 0 bridgehead atoms. The summed E-state index contributed by atoms with van der Waals surface area (Å²) in [5.41, 5.74) is 2.06. The van der Waals surface area contributed by atoms with Crippen molar-refractivity contribution in [3.05, 3.63) is 64.7 Å². The molecule has 0 unspecified atom stereocenters. The van der Waals surface area contributed by atoms with Crippen molar-refractivity contribution in [3.63, 3.8) is 0 Å². The first-order valence-corrected chi connectivity index (χ1v) is 10.3. The molecule has 2 rings (SSSR count). The SMILES string of the molecule is CCCCNC(=O)[C@H](C)N(Cc1ccccc1C)C(=O)COc1ccccc1Cl. The molecule has 0 spiro atoms. The quantitative estimate of drug-likeness (QED) is 0.585. The number of ether oxygens (including phenoxy) is 1. The van der Waals surface area contributed by atoms with Gasteiger partial charge < -0.3 is 15.0 Å². The smallest absolute Gasteiger partial charge is 0.261 e. The number of nitrogens with one attached hydrogen (secondary N) is 1. The monoisotopic (exact) mass is 416 g/mol. The van der Waals surface area contributed by atoms with E-state index in [1.807, 2.05) is 31.2 Å². The van der Waals surface area contributed by atoms with Crippen LogP contribution in [0.25, 0.3) is 0 Å². The van der Waals surface area contributed by atoms with Gasteiger partial charge in [-0.25, -0.2) is 0 Å².